The normalized spacial score (nSPS) is 17.5. The van der Waals surface area contributed by atoms with Gasteiger partial charge in [0, 0.05) is 0 Å². The van der Waals surface area contributed by atoms with Crippen molar-refractivity contribution in [1.29, 1.82) is 0 Å². The molecule has 1 unspecified atom stereocenters. The van der Waals surface area contributed by atoms with E-state index in [9.17, 15) is 14.4 Å². The summed E-state index contributed by atoms with van der Waals surface area (Å²) in [6.45, 7) is 6.94. The molecule has 1 saturated heterocycles. The predicted octanol–water partition coefficient (Wildman–Crippen LogP) is 4.36. The maximum absolute atomic E-state index is 13.4. The van der Waals surface area contributed by atoms with Crippen molar-refractivity contribution in [3.8, 4) is 5.69 Å². The molecular weight excluding hydrogens is 454 g/mol. The molecule has 1 fully saturated rings. The lowest BCUT2D eigenvalue weighted by molar-refractivity contribution is -0.133. The van der Waals surface area contributed by atoms with E-state index in [0.29, 0.717) is 16.9 Å². The minimum absolute atomic E-state index is 0.400. The van der Waals surface area contributed by atoms with Crippen molar-refractivity contribution in [2.24, 2.45) is 0 Å². The van der Waals surface area contributed by atoms with E-state index >= 15 is 0 Å². The highest BCUT2D eigenvalue weighted by Crippen LogP contribution is 2.31. The Balaban J connectivity index is 1.35. The molecule has 1 aliphatic heterocycles. The van der Waals surface area contributed by atoms with Crippen LogP contribution >= 0.6 is 0 Å². The standard InChI is InChI=1S/C28H27N5O3/c1-17-9-13-23(14-10-17)33-19(3)25(18(2)31-33)29-24(34)16-32-26(35)28(4,30-27(32)36)22-12-11-20-7-5-6-8-21(20)15-22/h5-15H,16H2,1-4H3,(H,29,34)(H,30,36). The van der Waals surface area contributed by atoms with Crippen LogP contribution in [0.2, 0.25) is 0 Å². The van der Waals surface area contributed by atoms with Gasteiger partial charge in [0.15, 0.2) is 0 Å². The first-order chi connectivity index (χ1) is 17.2. The molecule has 2 N–H and O–H groups in total. The molecule has 0 spiro atoms. The van der Waals surface area contributed by atoms with Crippen LogP contribution in [0, 0.1) is 20.8 Å². The van der Waals surface area contributed by atoms with Crippen molar-refractivity contribution in [3.63, 3.8) is 0 Å². The topological polar surface area (TPSA) is 96.3 Å². The maximum Gasteiger partial charge on any atom is 0.325 e. The van der Waals surface area contributed by atoms with Gasteiger partial charge in [-0.05, 0) is 62.2 Å². The maximum atomic E-state index is 13.4. The quantitative estimate of drug-likeness (QED) is 0.414. The molecule has 0 radical (unpaired) electrons. The fraction of sp³-hybridized carbons (Fsp3) is 0.214. The zero-order valence-corrected chi connectivity index (χ0v) is 20.6. The van der Waals surface area contributed by atoms with E-state index in [1.54, 1.807) is 18.5 Å². The van der Waals surface area contributed by atoms with Crippen LogP contribution in [0.15, 0.2) is 66.7 Å². The molecule has 1 aliphatic rings. The Morgan fingerprint density at radius 3 is 2.39 bits per heavy atom. The summed E-state index contributed by atoms with van der Waals surface area (Å²) in [7, 11) is 0. The number of imide groups is 1. The number of nitrogens with one attached hydrogen (secondary N) is 2. The van der Waals surface area contributed by atoms with Crippen molar-refractivity contribution in [2.75, 3.05) is 11.9 Å². The minimum atomic E-state index is -1.26. The van der Waals surface area contributed by atoms with Crippen LogP contribution in [-0.4, -0.2) is 39.1 Å². The summed E-state index contributed by atoms with van der Waals surface area (Å²) < 4.78 is 1.76. The van der Waals surface area contributed by atoms with Gasteiger partial charge in [0.1, 0.15) is 12.1 Å². The highest BCUT2D eigenvalue weighted by molar-refractivity contribution is 6.10. The van der Waals surface area contributed by atoms with Gasteiger partial charge in [0.05, 0.1) is 22.8 Å². The first-order valence-electron chi connectivity index (χ1n) is 11.7. The van der Waals surface area contributed by atoms with Gasteiger partial charge in [0.25, 0.3) is 5.91 Å². The molecule has 0 bridgehead atoms. The SMILES string of the molecule is Cc1ccc(-n2nc(C)c(NC(=O)CN3C(=O)NC(C)(c4ccc5ccccc5c4)C3=O)c2C)cc1. The zero-order valence-electron chi connectivity index (χ0n) is 20.6. The van der Waals surface area contributed by atoms with Gasteiger partial charge >= 0.3 is 6.03 Å². The molecule has 8 nitrogen and oxygen atoms in total. The average molecular weight is 482 g/mol. The van der Waals surface area contributed by atoms with Crippen molar-refractivity contribution < 1.29 is 14.4 Å². The summed E-state index contributed by atoms with van der Waals surface area (Å²) in [4.78, 5) is 40.0. The Morgan fingerprint density at radius 2 is 1.67 bits per heavy atom. The van der Waals surface area contributed by atoms with Crippen LogP contribution in [0.4, 0.5) is 10.5 Å². The van der Waals surface area contributed by atoms with Crippen LogP contribution in [0.5, 0.6) is 0 Å². The lowest BCUT2D eigenvalue weighted by Gasteiger charge is -2.22. The lowest BCUT2D eigenvalue weighted by Crippen LogP contribution is -2.42. The van der Waals surface area contributed by atoms with Gasteiger partial charge in [0.2, 0.25) is 5.91 Å². The highest BCUT2D eigenvalue weighted by atomic mass is 16.2. The van der Waals surface area contributed by atoms with Gasteiger partial charge in [-0.2, -0.15) is 5.10 Å². The van der Waals surface area contributed by atoms with Crippen molar-refractivity contribution in [2.45, 2.75) is 33.2 Å². The van der Waals surface area contributed by atoms with Gasteiger partial charge in [-0.15, -0.1) is 0 Å². The largest absolute Gasteiger partial charge is 0.325 e. The summed E-state index contributed by atoms with van der Waals surface area (Å²) >= 11 is 0. The second-order valence-corrected chi connectivity index (χ2v) is 9.35. The Morgan fingerprint density at radius 1 is 0.972 bits per heavy atom. The lowest BCUT2D eigenvalue weighted by atomic mass is 9.90. The number of urea groups is 1. The second kappa shape index (κ2) is 8.64. The molecule has 3 aromatic carbocycles. The summed E-state index contributed by atoms with van der Waals surface area (Å²) in [5.74, 6) is -0.947. The fourth-order valence-electron chi connectivity index (χ4n) is 4.62. The van der Waals surface area contributed by atoms with E-state index in [1.165, 1.54) is 0 Å². The number of aromatic nitrogens is 2. The Kier molecular flexibility index (Phi) is 5.59. The van der Waals surface area contributed by atoms with E-state index in [-0.39, 0.29) is 0 Å². The van der Waals surface area contributed by atoms with Crippen molar-refractivity contribution in [3.05, 3.63) is 89.2 Å². The summed E-state index contributed by atoms with van der Waals surface area (Å²) in [6, 6.07) is 20.8. The molecule has 4 amide bonds. The molecule has 8 heteroatoms. The smallest absolute Gasteiger partial charge is 0.321 e. The molecule has 1 atom stereocenters. The predicted molar refractivity (Wildman–Crippen MR) is 138 cm³/mol. The summed E-state index contributed by atoms with van der Waals surface area (Å²) in [5, 5.41) is 12.2. The molecule has 5 rings (SSSR count). The summed E-state index contributed by atoms with van der Waals surface area (Å²) in [6.07, 6.45) is 0. The number of aryl methyl sites for hydroxylation is 2. The van der Waals surface area contributed by atoms with E-state index in [0.717, 1.165) is 32.6 Å². The van der Waals surface area contributed by atoms with E-state index in [4.69, 9.17) is 0 Å². The highest BCUT2D eigenvalue weighted by Gasteiger charge is 2.49. The number of nitrogens with zero attached hydrogens (tertiary/aromatic N) is 3. The van der Waals surface area contributed by atoms with Gasteiger partial charge in [-0.25, -0.2) is 9.48 Å². The van der Waals surface area contributed by atoms with Crippen molar-refractivity contribution in [1.82, 2.24) is 20.0 Å². The van der Waals surface area contributed by atoms with E-state index in [2.05, 4.69) is 15.7 Å². The number of rotatable bonds is 5. The monoisotopic (exact) mass is 481 g/mol. The first-order valence-corrected chi connectivity index (χ1v) is 11.7. The molecular formula is C28H27N5O3. The van der Waals surface area contributed by atoms with Gasteiger partial charge in [-0.1, -0.05) is 54.1 Å². The van der Waals surface area contributed by atoms with Crippen molar-refractivity contribution >= 4 is 34.3 Å². The van der Waals surface area contributed by atoms with E-state index < -0.39 is 29.9 Å². The molecule has 0 saturated carbocycles. The molecule has 0 aliphatic carbocycles. The minimum Gasteiger partial charge on any atom is -0.321 e. The first kappa shape index (κ1) is 23.3. The number of fused-ring (bicyclic) bond motifs is 1. The second-order valence-electron chi connectivity index (χ2n) is 9.35. The van der Waals surface area contributed by atoms with Crippen LogP contribution < -0.4 is 10.6 Å². The number of hydrogen-bond donors (Lipinski definition) is 2. The van der Waals surface area contributed by atoms with Crippen LogP contribution in [-0.2, 0) is 15.1 Å². The third-order valence-corrected chi connectivity index (χ3v) is 6.74. The summed E-state index contributed by atoms with van der Waals surface area (Å²) in [5.41, 5.74) is 3.37. The van der Waals surface area contributed by atoms with Crippen LogP contribution in [0.1, 0.15) is 29.4 Å². The zero-order chi connectivity index (χ0) is 25.6. The van der Waals surface area contributed by atoms with Gasteiger partial charge in [-0.3, -0.25) is 14.5 Å². The Hall–Kier alpha value is -4.46. The Bertz CT molecular complexity index is 1520. The number of benzene rings is 3. The van der Waals surface area contributed by atoms with Gasteiger partial charge < -0.3 is 10.6 Å². The number of hydrogen-bond acceptors (Lipinski definition) is 4. The third-order valence-electron chi connectivity index (χ3n) is 6.74. The average Bonchev–Trinajstić information content (AvgIpc) is 3.26. The van der Waals surface area contributed by atoms with E-state index in [1.807, 2.05) is 80.6 Å². The third kappa shape index (κ3) is 3.90. The number of carbonyl (C=O) groups excluding carboxylic acids is 3. The number of carbonyl (C=O) groups is 3. The molecule has 1 aromatic heterocycles. The molecule has 4 aromatic rings. The Labute approximate surface area is 208 Å². The molecule has 182 valence electrons. The molecule has 36 heavy (non-hydrogen) atoms. The molecule has 2 heterocycles. The fourth-order valence-corrected chi connectivity index (χ4v) is 4.62. The number of anilines is 1. The van der Waals surface area contributed by atoms with Crippen LogP contribution in [0.25, 0.3) is 16.5 Å². The number of amides is 4. The van der Waals surface area contributed by atoms with Crippen LogP contribution in [0.3, 0.4) is 0 Å².